The van der Waals surface area contributed by atoms with E-state index in [2.05, 4.69) is 19.1 Å². The van der Waals surface area contributed by atoms with E-state index in [1.807, 2.05) is 60.5 Å². The lowest BCUT2D eigenvalue weighted by molar-refractivity contribution is 0.811. The molecule has 0 fully saturated rings. The maximum Gasteiger partial charge on any atom is 0.109 e. The molecule has 0 amide bonds. The van der Waals surface area contributed by atoms with Crippen LogP contribution in [0.5, 0.6) is 0 Å². The zero-order chi connectivity index (χ0) is 12.8. The van der Waals surface area contributed by atoms with Crippen molar-refractivity contribution in [3.8, 4) is 0 Å². The number of hydrogen-bond donors (Lipinski definition) is 0. The normalized spacial score (nSPS) is 11.0. The molecule has 0 aliphatic carbocycles. The van der Waals surface area contributed by atoms with Gasteiger partial charge in [0.1, 0.15) is 11.6 Å². The van der Waals surface area contributed by atoms with Crippen molar-refractivity contribution in [2.45, 2.75) is 12.8 Å². The van der Waals surface area contributed by atoms with Crippen molar-refractivity contribution < 1.29 is 0 Å². The summed E-state index contributed by atoms with van der Waals surface area (Å²) in [6.45, 7) is 0. The molecule has 0 atom stereocenters. The molecule has 98 valence electrons. The Kier molecular flexibility index (Phi) is 5.19. The van der Waals surface area contributed by atoms with Gasteiger partial charge in [-0.3, -0.25) is 0 Å². The molecule has 0 N–H and O–H groups in total. The van der Waals surface area contributed by atoms with Gasteiger partial charge in [0.05, 0.1) is 0 Å². The first kappa shape index (κ1) is 13.5. The van der Waals surface area contributed by atoms with E-state index in [1.54, 1.807) is 0 Å². The fraction of sp³-hybridized carbons (Fsp3) is 0.500. The van der Waals surface area contributed by atoms with Crippen LogP contribution in [0.1, 0.15) is 11.6 Å². The Balaban J connectivity index is 1.57. The Labute approximate surface area is 116 Å². The van der Waals surface area contributed by atoms with Crippen molar-refractivity contribution in [2.24, 2.45) is 14.1 Å². The number of rotatable bonds is 7. The maximum atomic E-state index is 4.31. The van der Waals surface area contributed by atoms with Gasteiger partial charge in [-0.15, -0.1) is 0 Å². The van der Waals surface area contributed by atoms with Gasteiger partial charge in [-0.2, -0.15) is 0 Å². The molecule has 0 unspecified atom stereocenters. The van der Waals surface area contributed by atoms with Crippen LogP contribution in [-0.2, 0) is 26.9 Å². The lowest BCUT2D eigenvalue weighted by Crippen LogP contribution is -1.99. The fourth-order valence-electron chi connectivity index (χ4n) is 1.66. The van der Waals surface area contributed by atoms with E-state index in [0.717, 1.165) is 36.0 Å². The highest BCUT2D eigenvalue weighted by Gasteiger charge is 2.01. The van der Waals surface area contributed by atoms with Gasteiger partial charge in [-0.1, -0.05) is 21.6 Å². The average Bonchev–Trinajstić information content (AvgIpc) is 2.94. The summed E-state index contributed by atoms with van der Waals surface area (Å²) in [6, 6.07) is 0. The Hall–Kier alpha value is -0.880. The van der Waals surface area contributed by atoms with Crippen LogP contribution in [0.15, 0.2) is 24.8 Å². The molecule has 6 heteroatoms. The third-order valence-electron chi connectivity index (χ3n) is 2.74. The number of hydrogen-bond acceptors (Lipinski definition) is 4. The zero-order valence-electron chi connectivity index (χ0n) is 10.7. The Morgan fingerprint density at radius 3 is 1.67 bits per heavy atom. The predicted molar refractivity (Wildman–Crippen MR) is 78.7 cm³/mol. The van der Waals surface area contributed by atoms with Gasteiger partial charge in [-0.05, 0) is 0 Å². The highest BCUT2D eigenvalue weighted by atomic mass is 33.1. The molecule has 0 aliphatic rings. The number of aromatic nitrogens is 4. The molecule has 0 saturated carbocycles. The topological polar surface area (TPSA) is 35.6 Å². The maximum absolute atomic E-state index is 4.31. The molecule has 2 aromatic rings. The van der Waals surface area contributed by atoms with Crippen LogP contribution >= 0.6 is 21.6 Å². The summed E-state index contributed by atoms with van der Waals surface area (Å²) in [5, 5.41) is 0. The van der Waals surface area contributed by atoms with Crippen LogP contribution in [-0.4, -0.2) is 30.6 Å². The summed E-state index contributed by atoms with van der Waals surface area (Å²) in [5.41, 5.74) is 0. The largest absolute Gasteiger partial charge is 0.338 e. The Morgan fingerprint density at radius 2 is 1.33 bits per heavy atom. The van der Waals surface area contributed by atoms with Crippen molar-refractivity contribution in [1.82, 2.24) is 19.1 Å². The van der Waals surface area contributed by atoms with Gasteiger partial charge in [0.2, 0.25) is 0 Å². The number of imidazole rings is 2. The van der Waals surface area contributed by atoms with Crippen molar-refractivity contribution in [3.05, 3.63) is 36.4 Å². The summed E-state index contributed by atoms with van der Waals surface area (Å²) in [6.07, 6.45) is 9.76. The van der Waals surface area contributed by atoms with Gasteiger partial charge in [0.15, 0.2) is 0 Å². The van der Waals surface area contributed by atoms with E-state index >= 15 is 0 Å². The quantitative estimate of drug-likeness (QED) is 0.577. The molecule has 18 heavy (non-hydrogen) atoms. The molecule has 0 bridgehead atoms. The molecule has 2 heterocycles. The van der Waals surface area contributed by atoms with Crippen molar-refractivity contribution >= 4 is 21.6 Å². The van der Waals surface area contributed by atoms with Crippen molar-refractivity contribution in [3.63, 3.8) is 0 Å². The minimum atomic E-state index is 1.03. The first-order chi connectivity index (χ1) is 8.77. The molecule has 2 rings (SSSR count). The second kappa shape index (κ2) is 6.89. The summed E-state index contributed by atoms with van der Waals surface area (Å²) < 4.78 is 4.16. The Bertz CT molecular complexity index is 434. The summed E-state index contributed by atoms with van der Waals surface area (Å²) >= 11 is 0. The lowest BCUT2D eigenvalue weighted by Gasteiger charge is -2.03. The van der Waals surface area contributed by atoms with E-state index in [9.17, 15) is 0 Å². The van der Waals surface area contributed by atoms with Crippen LogP contribution in [0.2, 0.25) is 0 Å². The highest BCUT2D eigenvalue weighted by Crippen LogP contribution is 2.22. The van der Waals surface area contributed by atoms with Gasteiger partial charge < -0.3 is 9.13 Å². The first-order valence-electron chi connectivity index (χ1n) is 5.94. The van der Waals surface area contributed by atoms with Crippen molar-refractivity contribution in [2.75, 3.05) is 11.5 Å². The van der Waals surface area contributed by atoms with Gasteiger partial charge in [0, 0.05) is 63.2 Å². The second-order valence-corrected chi connectivity index (χ2v) is 6.75. The summed E-state index contributed by atoms with van der Waals surface area (Å²) in [4.78, 5) is 8.63. The molecular weight excluding hydrogens is 264 g/mol. The summed E-state index contributed by atoms with van der Waals surface area (Å²) in [7, 11) is 7.91. The molecule has 2 aromatic heterocycles. The highest BCUT2D eigenvalue weighted by molar-refractivity contribution is 8.76. The molecule has 4 nitrogen and oxygen atoms in total. The van der Waals surface area contributed by atoms with Crippen LogP contribution in [0, 0.1) is 0 Å². The van der Waals surface area contributed by atoms with Crippen molar-refractivity contribution in [1.29, 1.82) is 0 Å². The lowest BCUT2D eigenvalue weighted by atomic mass is 10.4. The van der Waals surface area contributed by atoms with E-state index in [4.69, 9.17) is 0 Å². The minimum Gasteiger partial charge on any atom is -0.338 e. The van der Waals surface area contributed by atoms with Crippen LogP contribution in [0.25, 0.3) is 0 Å². The average molecular weight is 282 g/mol. The zero-order valence-corrected chi connectivity index (χ0v) is 12.4. The molecule has 0 aromatic carbocycles. The number of aryl methyl sites for hydroxylation is 4. The molecule has 0 aliphatic heterocycles. The molecule has 0 spiro atoms. The summed E-state index contributed by atoms with van der Waals surface area (Å²) in [5.74, 6) is 4.53. The fourth-order valence-corrected chi connectivity index (χ4v) is 3.63. The van der Waals surface area contributed by atoms with Crippen LogP contribution in [0.3, 0.4) is 0 Å². The minimum absolute atomic E-state index is 1.03. The predicted octanol–water partition coefficient (Wildman–Crippen LogP) is 2.32. The number of nitrogens with zero attached hydrogens (tertiary/aromatic N) is 4. The SMILES string of the molecule is Cn1ccnc1CCSSCCc1nccn1C. The van der Waals surface area contributed by atoms with E-state index in [1.165, 1.54) is 0 Å². The monoisotopic (exact) mass is 282 g/mol. The second-order valence-electron chi connectivity index (χ2n) is 4.05. The first-order valence-corrected chi connectivity index (χ1v) is 8.43. The smallest absolute Gasteiger partial charge is 0.109 e. The third kappa shape index (κ3) is 3.81. The van der Waals surface area contributed by atoms with Gasteiger partial charge >= 0.3 is 0 Å². The van der Waals surface area contributed by atoms with Crippen LogP contribution < -0.4 is 0 Å². The van der Waals surface area contributed by atoms with E-state index < -0.39 is 0 Å². The molecule has 0 saturated heterocycles. The van der Waals surface area contributed by atoms with Gasteiger partial charge in [-0.25, -0.2) is 9.97 Å². The van der Waals surface area contributed by atoms with Gasteiger partial charge in [0.25, 0.3) is 0 Å². The van der Waals surface area contributed by atoms with E-state index in [-0.39, 0.29) is 0 Å². The third-order valence-corrected chi connectivity index (χ3v) is 5.15. The molecular formula is C12H18N4S2. The standard InChI is InChI=1S/C12H18N4S2/c1-15-7-5-13-11(15)3-9-17-18-10-4-12-14-6-8-16(12)2/h5-8H,3-4,9-10H2,1-2H3. The molecule has 0 radical (unpaired) electrons. The Morgan fingerprint density at radius 1 is 0.889 bits per heavy atom. The van der Waals surface area contributed by atoms with Crippen LogP contribution in [0.4, 0.5) is 0 Å². The van der Waals surface area contributed by atoms with E-state index in [0.29, 0.717) is 0 Å².